The first-order chi connectivity index (χ1) is 10.2. The lowest BCUT2D eigenvalue weighted by Crippen LogP contribution is -2.27. The van der Waals surface area contributed by atoms with Gasteiger partial charge >= 0.3 is 5.63 Å². The minimum Gasteiger partial charge on any atom is -0.417 e. The van der Waals surface area contributed by atoms with Crippen molar-refractivity contribution in [2.45, 2.75) is 6.54 Å². The molecule has 0 aliphatic heterocycles. The van der Waals surface area contributed by atoms with Crippen LogP contribution in [0.15, 0.2) is 64.1 Å². The second-order valence-electron chi connectivity index (χ2n) is 4.66. The number of nitrogens with one attached hydrogen (secondary N) is 1. The molecular weight excluding hydrogens is 268 g/mol. The van der Waals surface area contributed by atoms with E-state index in [4.69, 9.17) is 4.42 Å². The van der Waals surface area contributed by atoms with Crippen molar-refractivity contribution in [3.05, 3.63) is 71.0 Å². The number of hydrogen-bond donors (Lipinski definition) is 1. The van der Waals surface area contributed by atoms with E-state index in [2.05, 4.69) is 5.32 Å². The number of benzene rings is 1. The van der Waals surface area contributed by atoms with Crippen LogP contribution in [0.4, 0.5) is 0 Å². The van der Waals surface area contributed by atoms with E-state index in [0.29, 0.717) is 23.9 Å². The van der Waals surface area contributed by atoms with Crippen molar-refractivity contribution in [2.75, 3.05) is 6.54 Å². The van der Waals surface area contributed by atoms with E-state index in [0.717, 1.165) is 0 Å². The average molecular weight is 282 g/mol. The van der Waals surface area contributed by atoms with Gasteiger partial charge in [-0.2, -0.15) is 0 Å². The van der Waals surface area contributed by atoms with Gasteiger partial charge in [-0.1, -0.05) is 18.2 Å². The Morgan fingerprint density at radius 1 is 1.14 bits per heavy atom. The lowest BCUT2D eigenvalue weighted by molar-refractivity contribution is 0.0920. The molecule has 0 aliphatic rings. The fourth-order valence-electron chi connectivity index (χ4n) is 2.15. The van der Waals surface area contributed by atoms with Crippen LogP contribution in [0.3, 0.4) is 0 Å². The van der Waals surface area contributed by atoms with Gasteiger partial charge in [0.05, 0.1) is 5.39 Å². The Balaban J connectivity index is 1.74. The summed E-state index contributed by atoms with van der Waals surface area (Å²) in [6.45, 7) is 1.13. The maximum Gasteiger partial charge on any atom is 0.344 e. The molecule has 1 amide bonds. The van der Waals surface area contributed by atoms with Crippen LogP contribution in [-0.2, 0) is 6.54 Å². The van der Waals surface area contributed by atoms with Crippen molar-refractivity contribution >= 4 is 16.7 Å². The van der Waals surface area contributed by atoms with Gasteiger partial charge in [0.2, 0.25) is 0 Å². The number of aromatic nitrogens is 1. The van der Waals surface area contributed by atoms with Crippen molar-refractivity contribution in [2.24, 2.45) is 0 Å². The zero-order valence-corrected chi connectivity index (χ0v) is 11.3. The van der Waals surface area contributed by atoms with E-state index in [9.17, 15) is 9.59 Å². The Morgan fingerprint density at radius 2 is 1.90 bits per heavy atom. The molecule has 2 heterocycles. The summed E-state index contributed by atoms with van der Waals surface area (Å²) < 4.78 is 7.02. The summed E-state index contributed by atoms with van der Waals surface area (Å²) in [5.74, 6) is -0.351. The average Bonchev–Trinajstić information content (AvgIpc) is 3.00. The molecule has 1 aromatic carbocycles. The first kappa shape index (κ1) is 13.2. The zero-order chi connectivity index (χ0) is 14.7. The van der Waals surface area contributed by atoms with Crippen molar-refractivity contribution in [1.82, 2.24) is 9.88 Å². The number of carbonyl (C=O) groups is 1. The number of hydrogen-bond acceptors (Lipinski definition) is 3. The van der Waals surface area contributed by atoms with Crippen molar-refractivity contribution in [3.63, 3.8) is 0 Å². The second kappa shape index (κ2) is 5.66. The first-order valence-electron chi connectivity index (χ1n) is 6.66. The highest BCUT2D eigenvalue weighted by atomic mass is 16.4. The summed E-state index contributed by atoms with van der Waals surface area (Å²) in [4.78, 5) is 23.8. The van der Waals surface area contributed by atoms with E-state index in [1.165, 1.54) is 0 Å². The second-order valence-corrected chi connectivity index (χ2v) is 4.66. The molecule has 0 radical (unpaired) electrons. The van der Waals surface area contributed by atoms with Gasteiger partial charge in [-0.15, -0.1) is 0 Å². The highest BCUT2D eigenvalue weighted by Crippen LogP contribution is 2.11. The predicted molar refractivity (Wildman–Crippen MR) is 79.2 cm³/mol. The number of fused-ring (bicyclic) bond motifs is 1. The van der Waals surface area contributed by atoms with Crippen LogP contribution in [0.2, 0.25) is 0 Å². The fraction of sp³-hybridized carbons (Fsp3) is 0.125. The van der Waals surface area contributed by atoms with Crippen molar-refractivity contribution < 1.29 is 9.21 Å². The summed E-state index contributed by atoms with van der Waals surface area (Å²) in [5.41, 5.74) is -0.497. The normalized spacial score (nSPS) is 10.7. The van der Waals surface area contributed by atoms with Crippen molar-refractivity contribution in [3.8, 4) is 0 Å². The maximum absolute atomic E-state index is 12.0. The van der Waals surface area contributed by atoms with Crippen LogP contribution in [0, 0.1) is 0 Å². The third-order valence-electron chi connectivity index (χ3n) is 3.22. The van der Waals surface area contributed by atoms with Crippen LogP contribution in [-0.4, -0.2) is 17.0 Å². The van der Waals surface area contributed by atoms with E-state index in [-0.39, 0.29) is 11.7 Å². The van der Waals surface area contributed by atoms with Gasteiger partial charge in [-0.25, -0.2) is 4.79 Å². The van der Waals surface area contributed by atoms with Crippen LogP contribution in [0.25, 0.3) is 10.8 Å². The van der Waals surface area contributed by atoms with Gasteiger partial charge in [0.15, 0.2) is 5.76 Å². The Kier molecular flexibility index (Phi) is 3.55. The third kappa shape index (κ3) is 2.86. The SMILES string of the molecule is O=C(NCCn1cccc1)c1cc2ccccc2c(=O)o1. The quantitative estimate of drug-likeness (QED) is 0.796. The molecule has 0 aliphatic carbocycles. The van der Waals surface area contributed by atoms with Gasteiger partial charge in [0.1, 0.15) is 0 Å². The Bertz CT molecular complexity index is 819. The summed E-state index contributed by atoms with van der Waals surface area (Å²) in [7, 11) is 0. The van der Waals surface area contributed by atoms with E-state index in [1.54, 1.807) is 24.3 Å². The lowest BCUT2D eigenvalue weighted by Gasteiger charge is -2.06. The van der Waals surface area contributed by atoms with Gasteiger partial charge in [0, 0.05) is 25.5 Å². The molecule has 106 valence electrons. The zero-order valence-electron chi connectivity index (χ0n) is 11.3. The number of rotatable bonds is 4. The minimum atomic E-state index is -0.497. The third-order valence-corrected chi connectivity index (χ3v) is 3.22. The highest BCUT2D eigenvalue weighted by molar-refractivity contribution is 5.95. The Hall–Kier alpha value is -2.82. The predicted octanol–water partition coefficient (Wildman–Crippen LogP) is 2.02. The molecule has 5 heteroatoms. The molecule has 3 aromatic rings. The van der Waals surface area contributed by atoms with E-state index in [1.807, 2.05) is 35.2 Å². The molecule has 0 spiro atoms. The highest BCUT2D eigenvalue weighted by Gasteiger charge is 2.11. The smallest absolute Gasteiger partial charge is 0.344 e. The van der Waals surface area contributed by atoms with E-state index < -0.39 is 5.63 Å². The summed E-state index contributed by atoms with van der Waals surface area (Å²) >= 11 is 0. The molecule has 3 rings (SSSR count). The van der Waals surface area contributed by atoms with Gasteiger partial charge in [-0.05, 0) is 29.7 Å². The molecule has 1 N–H and O–H groups in total. The molecule has 21 heavy (non-hydrogen) atoms. The van der Waals surface area contributed by atoms with E-state index >= 15 is 0 Å². The minimum absolute atomic E-state index is 0.0335. The standard InChI is InChI=1S/C16H14N2O3/c19-15(17-7-10-18-8-3-4-9-18)14-11-12-5-1-2-6-13(12)16(20)21-14/h1-6,8-9,11H,7,10H2,(H,17,19). The maximum atomic E-state index is 12.0. The topological polar surface area (TPSA) is 64.2 Å². The number of carbonyl (C=O) groups excluding carboxylic acids is 1. The van der Waals surface area contributed by atoms with Crippen LogP contribution < -0.4 is 10.9 Å². The van der Waals surface area contributed by atoms with Crippen LogP contribution >= 0.6 is 0 Å². The Labute approximate surface area is 120 Å². The monoisotopic (exact) mass is 282 g/mol. The summed E-state index contributed by atoms with van der Waals surface area (Å²) in [5, 5.41) is 3.91. The fourth-order valence-corrected chi connectivity index (χ4v) is 2.15. The van der Waals surface area contributed by atoms with Gasteiger partial charge < -0.3 is 14.3 Å². The number of nitrogens with zero attached hydrogens (tertiary/aromatic N) is 1. The van der Waals surface area contributed by atoms with Gasteiger partial charge in [-0.3, -0.25) is 4.79 Å². The molecule has 0 unspecified atom stereocenters. The molecule has 0 fully saturated rings. The molecular formula is C16H14N2O3. The Morgan fingerprint density at radius 3 is 2.71 bits per heavy atom. The van der Waals surface area contributed by atoms with Crippen LogP contribution in [0.5, 0.6) is 0 Å². The molecule has 0 atom stereocenters. The summed E-state index contributed by atoms with van der Waals surface area (Å²) in [6.07, 6.45) is 3.84. The van der Waals surface area contributed by atoms with Gasteiger partial charge in [0.25, 0.3) is 5.91 Å². The number of amides is 1. The first-order valence-corrected chi connectivity index (χ1v) is 6.66. The van der Waals surface area contributed by atoms with Crippen LogP contribution in [0.1, 0.15) is 10.6 Å². The molecule has 0 saturated carbocycles. The molecule has 5 nitrogen and oxygen atoms in total. The largest absolute Gasteiger partial charge is 0.417 e. The van der Waals surface area contributed by atoms with Crippen molar-refractivity contribution in [1.29, 1.82) is 0 Å². The summed E-state index contributed by atoms with van der Waals surface area (Å²) in [6, 6.07) is 12.5. The lowest BCUT2D eigenvalue weighted by atomic mass is 10.1. The molecule has 2 aromatic heterocycles. The molecule has 0 saturated heterocycles. The molecule has 0 bridgehead atoms.